The third-order valence-electron chi connectivity index (χ3n) is 3.04. The summed E-state index contributed by atoms with van der Waals surface area (Å²) in [6, 6.07) is 17.3. The second-order valence-corrected chi connectivity index (χ2v) is 4.85. The number of alkyl halides is 1. The Kier molecular flexibility index (Phi) is 2.14. The van der Waals surface area contributed by atoms with Crippen molar-refractivity contribution in [2.75, 3.05) is 0 Å². The summed E-state index contributed by atoms with van der Waals surface area (Å²) in [6.07, 6.45) is 1.06. The lowest BCUT2D eigenvalue weighted by Crippen LogP contribution is -2.08. The van der Waals surface area contributed by atoms with Gasteiger partial charge in [0.2, 0.25) is 0 Å². The molecule has 0 radical (unpaired) electrons. The van der Waals surface area contributed by atoms with Gasteiger partial charge in [0, 0.05) is 0 Å². The highest BCUT2D eigenvalue weighted by Gasteiger charge is 2.21. The summed E-state index contributed by atoms with van der Waals surface area (Å²) in [5, 5.41) is 0. The van der Waals surface area contributed by atoms with E-state index in [4.69, 9.17) is 0 Å². The number of rotatable bonds is 0. The fourth-order valence-electron chi connectivity index (χ4n) is 2.26. The Hall–Kier alpha value is -1.08. The first kappa shape index (κ1) is 9.17. The average molecular weight is 259 g/mol. The van der Waals surface area contributed by atoms with Gasteiger partial charge in [-0.2, -0.15) is 0 Å². The van der Waals surface area contributed by atoms with E-state index in [2.05, 4.69) is 64.5 Å². The summed E-state index contributed by atoms with van der Waals surface area (Å²) in [5.74, 6) is 0. The smallest absolute Gasteiger partial charge is 0.0650 e. The largest absolute Gasteiger partial charge is 0.0786 e. The molecule has 0 spiro atoms. The van der Waals surface area contributed by atoms with E-state index < -0.39 is 0 Å². The molecule has 0 nitrogen and oxygen atoms in total. The van der Waals surface area contributed by atoms with Crippen molar-refractivity contribution in [3.8, 4) is 0 Å². The van der Waals surface area contributed by atoms with E-state index in [1.165, 1.54) is 22.3 Å². The SMILES string of the molecule is BrC1c2ccccc2Cc2ccccc21. The van der Waals surface area contributed by atoms with Gasteiger partial charge in [-0.1, -0.05) is 64.5 Å². The van der Waals surface area contributed by atoms with Crippen LogP contribution in [0, 0.1) is 0 Å². The molecule has 0 amide bonds. The summed E-state index contributed by atoms with van der Waals surface area (Å²) in [4.78, 5) is 0.360. The lowest BCUT2D eigenvalue weighted by molar-refractivity contribution is 0.995. The monoisotopic (exact) mass is 258 g/mol. The molecule has 1 aliphatic carbocycles. The number of benzene rings is 2. The first-order valence-corrected chi connectivity index (χ1v) is 6.07. The molecule has 0 saturated heterocycles. The van der Waals surface area contributed by atoms with Crippen molar-refractivity contribution in [2.45, 2.75) is 11.2 Å². The van der Waals surface area contributed by atoms with Gasteiger partial charge in [-0.05, 0) is 28.7 Å². The zero-order chi connectivity index (χ0) is 10.3. The first-order chi connectivity index (χ1) is 7.36. The van der Waals surface area contributed by atoms with Crippen molar-refractivity contribution in [1.82, 2.24) is 0 Å². The molecular formula is C14H11Br. The van der Waals surface area contributed by atoms with Crippen LogP contribution in [-0.4, -0.2) is 0 Å². The fourth-order valence-corrected chi connectivity index (χ4v) is 3.15. The summed E-state index contributed by atoms with van der Waals surface area (Å²) < 4.78 is 0. The third kappa shape index (κ3) is 1.42. The quantitative estimate of drug-likeness (QED) is 0.625. The predicted molar refractivity (Wildman–Crippen MR) is 66.5 cm³/mol. The Morgan fingerprint density at radius 3 is 1.80 bits per heavy atom. The molecule has 74 valence electrons. The van der Waals surface area contributed by atoms with Crippen molar-refractivity contribution in [3.05, 3.63) is 70.8 Å². The zero-order valence-corrected chi connectivity index (χ0v) is 9.87. The predicted octanol–water partition coefficient (Wildman–Crippen LogP) is 4.08. The van der Waals surface area contributed by atoms with Crippen LogP contribution in [0.3, 0.4) is 0 Å². The van der Waals surface area contributed by atoms with Gasteiger partial charge in [0.05, 0.1) is 4.83 Å². The van der Waals surface area contributed by atoms with Crippen LogP contribution in [0.25, 0.3) is 0 Å². The van der Waals surface area contributed by atoms with Gasteiger partial charge in [0.25, 0.3) is 0 Å². The molecule has 0 unspecified atom stereocenters. The molecule has 0 aliphatic heterocycles. The number of halogens is 1. The van der Waals surface area contributed by atoms with Crippen molar-refractivity contribution in [1.29, 1.82) is 0 Å². The van der Waals surface area contributed by atoms with Crippen molar-refractivity contribution in [3.63, 3.8) is 0 Å². The number of fused-ring (bicyclic) bond motifs is 2. The second-order valence-electron chi connectivity index (χ2n) is 3.94. The molecule has 0 heterocycles. The molecule has 3 rings (SSSR count). The highest BCUT2D eigenvalue weighted by molar-refractivity contribution is 9.09. The van der Waals surface area contributed by atoms with Gasteiger partial charge in [-0.15, -0.1) is 0 Å². The van der Waals surface area contributed by atoms with Gasteiger partial charge in [0.1, 0.15) is 0 Å². The zero-order valence-electron chi connectivity index (χ0n) is 8.28. The molecule has 2 aromatic rings. The van der Waals surface area contributed by atoms with Gasteiger partial charge in [-0.3, -0.25) is 0 Å². The fraction of sp³-hybridized carbons (Fsp3) is 0.143. The number of hydrogen-bond donors (Lipinski definition) is 0. The van der Waals surface area contributed by atoms with Crippen LogP contribution in [0.4, 0.5) is 0 Å². The molecule has 0 saturated carbocycles. The first-order valence-electron chi connectivity index (χ1n) is 5.16. The lowest BCUT2D eigenvalue weighted by Gasteiger charge is -2.24. The maximum Gasteiger partial charge on any atom is 0.0650 e. The standard InChI is InChI=1S/C14H11Br/c15-14-12-7-3-1-5-10(12)9-11-6-2-4-8-13(11)14/h1-8,14H,9H2. The molecule has 1 aliphatic rings. The van der Waals surface area contributed by atoms with E-state index >= 15 is 0 Å². The van der Waals surface area contributed by atoms with E-state index in [1.807, 2.05) is 0 Å². The van der Waals surface area contributed by atoms with Gasteiger partial charge >= 0.3 is 0 Å². The Morgan fingerprint density at radius 1 is 0.800 bits per heavy atom. The Labute approximate surface area is 98.1 Å². The molecule has 0 N–H and O–H groups in total. The van der Waals surface area contributed by atoms with Crippen LogP contribution in [0.2, 0.25) is 0 Å². The van der Waals surface area contributed by atoms with Crippen molar-refractivity contribution >= 4 is 15.9 Å². The molecule has 2 aromatic carbocycles. The third-order valence-corrected chi connectivity index (χ3v) is 4.02. The molecule has 0 fully saturated rings. The van der Waals surface area contributed by atoms with Crippen molar-refractivity contribution in [2.24, 2.45) is 0 Å². The van der Waals surface area contributed by atoms with E-state index in [0.29, 0.717) is 4.83 Å². The highest BCUT2D eigenvalue weighted by Crippen LogP contribution is 2.39. The van der Waals surface area contributed by atoms with E-state index in [1.54, 1.807) is 0 Å². The van der Waals surface area contributed by atoms with Crippen LogP contribution in [-0.2, 0) is 6.42 Å². The molecule has 15 heavy (non-hydrogen) atoms. The minimum Gasteiger partial charge on any atom is -0.0786 e. The molecule has 1 heteroatoms. The van der Waals surface area contributed by atoms with E-state index in [0.717, 1.165) is 6.42 Å². The molecular weight excluding hydrogens is 248 g/mol. The van der Waals surface area contributed by atoms with Gasteiger partial charge in [0.15, 0.2) is 0 Å². The second kappa shape index (κ2) is 3.49. The summed E-state index contributed by atoms with van der Waals surface area (Å²) in [7, 11) is 0. The molecule has 0 aromatic heterocycles. The topological polar surface area (TPSA) is 0 Å². The molecule has 0 bridgehead atoms. The van der Waals surface area contributed by atoms with Crippen LogP contribution in [0.1, 0.15) is 27.1 Å². The van der Waals surface area contributed by atoms with Crippen LogP contribution in [0.5, 0.6) is 0 Å². The van der Waals surface area contributed by atoms with E-state index in [-0.39, 0.29) is 0 Å². The lowest BCUT2D eigenvalue weighted by atomic mass is 9.86. The van der Waals surface area contributed by atoms with Crippen LogP contribution in [0.15, 0.2) is 48.5 Å². The maximum absolute atomic E-state index is 3.79. The molecule has 0 atom stereocenters. The summed E-state index contributed by atoms with van der Waals surface area (Å²) in [5.41, 5.74) is 5.71. The van der Waals surface area contributed by atoms with Gasteiger partial charge in [-0.25, -0.2) is 0 Å². The summed E-state index contributed by atoms with van der Waals surface area (Å²) >= 11 is 3.79. The normalized spacial score (nSPS) is 14.5. The minimum atomic E-state index is 0.360. The maximum atomic E-state index is 3.79. The Bertz CT molecular complexity index is 457. The minimum absolute atomic E-state index is 0.360. The highest BCUT2D eigenvalue weighted by atomic mass is 79.9. The Morgan fingerprint density at radius 2 is 1.27 bits per heavy atom. The van der Waals surface area contributed by atoms with E-state index in [9.17, 15) is 0 Å². The van der Waals surface area contributed by atoms with Crippen LogP contribution < -0.4 is 0 Å². The average Bonchev–Trinajstić information content (AvgIpc) is 2.30. The Balaban J connectivity index is 2.20. The van der Waals surface area contributed by atoms with Crippen molar-refractivity contribution < 1.29 is 0 Å². The summed E-state index contributed by atoms with van der Waals surface area (Å²) in [6.45, 7) is 0. The van der Waals surface area contributed by atoms with Gasteiger partial charge < -0.3 is 0 Å². The number of hydrogen-bond acceptors (Lipinski definition) is 0. The van der Waals surface area contributed by atoms with Crippen LogP contribution >= 0.6 is 15.9 Å².